The number of benzene rings is 2. The van der Waals surface area contributed by atoms with Crippen molar-refractivity contribution >= 4 is 10.8 Å². The van der Waals surface area contributed by atoms with E-state index in [1.54, 1.807) is 0 Å². The SMILES string of the molecule is CCCCCCCCCCOc1cccc2cccc(OCCCCCCCCCC)c12. The highest BCUT2D eigenvalue weighted by atomic mass is 16.5. The van der Waals surface area contributed by atoms with Crippen molar-refractivity contribution in [1.29, 1.82) is 0 Å². The van der Waals surface area contributed by atoms with E-state index in [2.05, 4.69) is 50.2 Å². The molecule has 2 heteroatoms. The summed E-state index contributed by atoms with van der Waals surface area (Å²) in [5.74, 6) is 1.94. The molecule has 0 N–H and O–H groups in total. The van der Waals surface area contributed by atoms with Crippen molar-refractivity contribution in [2.45, 2.75) is 117 Å². The molecule has 2 rings (SSSR count). The molecule has 180 valence electrons. The van der Waals surface area contributed by atoms with Gasteiger partial charge in [0.1, 0.15) is 11.5 Å². The van der Waals surface area contributed by atoms with Gasteiger partial charge in [-0.3, -0.25) is 0 Å². The molecule has 0 spiro atoms. The van der Waals surface area contributed by atoms with Crippen LogP contribution in [0, 0.1) is 0 Å². The molecule has 2 nitrogen and oxygen atoms in total. The molecule has 0 heterocycles. The van der Waals surface area contributed by atoms with Crippen LogP contribution in [0.2, 0.25) is 0 Å². The van der Waals surface area contributed by atoms with Gasteiger partial charge in [0.05, 0.1) is 18.6 Å². The van der Waals surface area contributed by atoms with Crippen molar-refractivity contribution in [3.05, 3.63) is 36.4 Å². The van der Waals surface area contributed by atoms with Crippen molar-refractivity contribution < 1.29 is 9.47 Å². The van der Waals surface area contributed by atoms with E-state index in [1.165, 1.54) is 95.3 Å². The van der Waals surface area contributed by atoms with Crippen LogP contribution in [-0.2, 0) is 0 Å². The van der Waals surface area contributed by atoms with E-state index in [-0.39, 0.29) is 0 Å². The first-order valence-electron chi connectivity index (χ1n) is 13.6. The van der Waals surface area contributed by atoms with Gasteiger partial charge in [-0.1, -0.05) is 128 Å². The van der Waals surface area contributed by atoms with Gasteiger partial charge < -0.3 is 9.47 Å². The molecule has 2 aromatic carbocycles. The average molecular weight is 441 g/mol. The molecule has 0 saturated heterocycles. The Labute approximate surface area is 198 Å². The second-order valence-electron chi connectivity index (χ2n) is 9.26. The highest BCUT2D eigenvalue weighted by Gasteiger charge is 2.09. The van der Waals surface area contributed by atoms with Crippen LogP contribution in [0.15, 0.2) is 36.4 Å². The number of hydrogen-bond donors (Lipinski definition) is 0. The van der Waals surface area contributed by atoms with Crippen LogP contribution in [0.25, 0.3) is 10.8 Å². The lowest BCUT2D eigenvalue weighted by atomic mass is 10.1. The minimum Gasteiger partial charge on any atom is -0.493 e. The summed E-state index contributed by atoms with van der Waals surface area (Å²) in [7, 11) is 0. The Kier molecular flexibility index (Phi) is 14.8. The van der Waals surface area contributed by atoms with Crippen LogP contribution in [0.3, 0.4) is 0 Å². The Morgan fingerprint density at radius 3 is 1.25 bits per heavy atom. The van der Waals surface area contributed by atoms with Crippen molar-refractivity contribution in [3.8, 4) is 11.5 Å². The minimum atomic E-state index is 0.792. The zero-order valence-corrected chi connectivity index (χ0v) is 21.0. The summed E-state index contributed by atoms with van der Waals surface area (Å²) >= 11 is 0. The van der Waals surface area contributed by atoms with Gasteiger partial charge in [0, 0.05) is 0 Å². The molecule has 0 amide bonds. The quantitative estimate of drug-likeness (QED) is 0.191. The maximum Gasteiger partial charge on any atom is 0.130 e. The van der Waals surface area contributed by atoms with E-state index in [4.69, 9.17) is 9.47 Å². The summed E-state index contributed by atoms with van der Waals surface area (Å²) in [6.07, 6.45) is 21.1. The largest absolute Gasteiger partial charge is 0.493 e. The molecule has 0 bridgehead atoms. The standard InChI is InChI=1S/C30H48O2/c1-3-5-7-9-11-13-15-17-25-31-28-23-19-21-27-22-20-24-29(30(27)28)32-26-18-16-14-12-10-8-6-4-2/h19-24H,3-18,25-26H2,1-2H3. The van der Waals surface area contributed by atoms with Crippen LogP contribution in [-0.4, -0.2) is 13.2 Å². The predicted octanol–water partition coefficient (Wildman–Crippen LogP) is 9.88. The number of rotatable bonds is 20. The summed E-state index contributed by atoms with van der Waals surface area (Å²) in [4.78, 5) is 0. The van der Waals surface area contributed by atoms with Gasteiger partial charge >= 0.3 is 0 Å². The van der Waals surface area contributed by atoms with Gasteiger partial charge in [0.2, 0.25) is 0 Å². The van der Waals surface area contributed by atoms with E-state index in [0.717, 1.165) is 42.9 Å². The third-order valence-corrected chi connectivity index (χ3v) is 6.34. The van der Waals surface area contributed by atoms with Gasteiger partial charge in [0.25, 0.3) is 0 Å². The first-order chi connectivity index (χ1) is 15.9. The molecule has 0 unspecified atom stereocenters. The molecular weight excluding hydrogens is 392 g/mol. The van der Waals surface area contributed by atoms with Crippen LogP contribution in [0.1, 0.15) is 117 Å². The Morgan fingerprint density at radius 1 is 0.469 bits per heavy atom. The molecular formula is C30H48O2. The maximum absolute atomic E-state index is 6.22. The van der Waals surface area contributed by atoms with Crippen molar-refractivity contribution in [2.24, 2.45) is 0 Å². The molecule has 32 heavy (non-hydrogen) atoms. The van der Waals surface area contributed by atoms with Crippen molar-refractivity contribution in [3.63, 3.8) is 0 Å². The van der Waals surface area contributed by atoms with Crippen LogP contribution >= 0.6 is 0 Å². The maximum atomic E-state index is 6.22. The number of unbranched alkanes of at least 4 members (excludes halogenated alkanes) is 14. The Balaban J connectivity index is 1.72. The van der Waals surface area contributed by atoms with Crippen LogP contribution in [0.4, 0.5) is 0 Å². The second kappa shape index (κ2) is 17.8. The fourth-order valence-electron chi connectivity index (χ4n) is 4.35. The first-order valence-corrected chi connectivity index (χ1v) is 13.6. The highest BCUT2D eigenvalue weighted by molar-refractivity contribution is 5.93. The summed E-state index contributed by atoms with van der Waals surface area (Å²) in [6.45, 7) is 6.13. The Hall–Kier alpha value is -1.70. The summed E-state index contributed by atoms with van der Waals surface area (Å²) in [6, 6.07) is 12.7. The third kappa shape index (κ3) is 10.7. The molecule has 0 fully saturated rings. The smallest absolute Gasteiger partial charge is 0.130 e. The molecule has 0 aliphatic heterocycles. The average Bonchev–Trinajstić information content (AvgIpc) is 2.82. The molecule has 0 aliphatic rings. The van der Waals surface area contributed by atoms with Crippen molar-refractivity contribution in [1.82, 2.24) is 0 Å². The van der Waals surface area contributed by atoms with Crippen molar-refractivity contribution in [2.75, 3.05) is 13.2 Å². The molecule has 0 atom stereocenters. The molecule has 0 saturated carbocycles. The predicted molar refractivity (Wildman–Crippen MR) is 140 cm³/mol. The molecule has 0 aromatic heterocycles. The number of hydrogen-bond acceptors (Lipinski definition) is 2. The monoisotopic (exact) mass is 440 g/mol. The van der Waals surface area contributed by atoms with Gasteiger partial charge in [-0.05, 0) is 30.4 Å². The van der Waals surface area contributed by atoms with Gasteiger partial charge in [-0.25, -0.2) is 0 Å². The molecule has 0 aliphatic carbocycles. The lowest BCUT2D eigenvalue weighted by Crippen LogP contribution is -2.01. The van der Waals surface area contributed by atoms with Gasteiger partial charge in [-0.2, -0.15) is 0 Å². The third-order valence-electron chi connectivity index (χ3n) is 6.34. The first kappa shape index (κ1) is 26.6. The van der Waals surface area contributed by atoms with E-state index in [9.17, 15) is 0 Å². The summed E-state index contributed by atoms with van der Waals surface area (Å²) < 4.78 is 12.4. The lowest BCUT2D eigenvalue weighted by molar-refractivity contribution is 0.297. The van der Waals surface area contributed by atoms with E-state index < -0.39 is 0 Å². The fourth-order valence-corrected chi connectivity index (χ4v) is 4.35. The zero-order chi connectivity index (χ0) is 22.7. The normalized spacial score (nSPS) is 11.2. The second-order valence-corrected chi connectivity index (χ2v) is 9.26. The van der Waals surface area contributed by atoms with E-state index in [0.29, 0.717) is 0 Å². The Bertz CT molecular complexity index is 652. The molecule has 2 aromatic rings. The molecule has 0 radical (unpaired) electrons. The topological polar surface area (TPSA) is 18.5 Å². The fraction of sp³-hybridized carbons (Fsp3) is 0.667. The van der Waals surface area contributed by atoms with Gasteiger partial charge in [0.15, 0.2) is 0 Å². The minimum absolute atomic E-state index is 0.792. The van der Waals surface area contributed by atoms with Crippen LogP contribution < -0.4 is 9.47 Å². The van der Waals surface area contributed by atoms with E-state index >= 15 is 0 Å². The van der Waals surface area contributed by atoms with Gasteiger partial charge in [-0.15, -0.1) is 0 Å². The van der Waals surface area contributed by atoms with E-state index in [1.807, 2.05) is 0 Å². The summed E-state index contributed by atoms with van der Waals surface area (Å²) in [5, 5.41) is 2.33. The zero-order valence-electron chi connectivity index (χ0n) is 21.0. The number of fused-ring (bicyclic) bond motifs is 1. The number of ether oxygens (including phenoxy) is 2. The lowest BCUT2D eigenvalue weighted by Gasteiger charge is -2.14. The highest BCUT2D eigenvalue weighted by Crippen LogP contribution is 2.34. The summed E-state index contributed by atoms with van der Waals surface area (Å²) in [5.41, 5.74) is 0. The Morgan fingerprint density at radius 2 is 0.844 bits per heavy atom. The van der Waals surface area contributed by atoms with Crippen LogP contribution in [0.5, 0.6) is 11.5 Å².